The highest BCUT2D eigenvalue weighted by atomic mass is 16.5. The molecule has 0 radical (unpaired) electrons. The lowest BCUT2D eigenvalue weighted by atomic mass is 9.99. The van der Waals surface area contributed by atoms with Crippen molar-refractivity contribution in [2.45, 2.75) is 40.3 Å². The molecule has 0 fully saturated rings. The van der Waals surface area contributed by atoms with E-state index in [2.05, 4.69) is 0 Å². The van der Waals surface area contributed by atoms with E-state index in [1.807, 2.05) is 38.1 Å². The number of hydrogen-bond donors (Lipinski definition) is 1. The van der Waals surface area contributed by atoms with Gasteiger partial charge < -0.3 is 14.3 Å². The summed E-state index contributed by atoms with van der Waals surface area (Å²) in [4.78, 5) is 25.8. The number of carbonyl (C=O) groups excluding carboxylic acids is 1. The first-order chi connectivity index (χ1) is 14.2. The van der Waals surface area contributed by atoms with Crippen LogP contribution < -0.4 is 10.3 Å². The Balaban J connectivity index is 2.04. The molecule has 0 aliphatic rings. The standard InChI is InChI=1S/C23H22N2O5/c1-13-8-14(2)10-18(9-13)30-16(4)21(26)20-15(3)19(11-24)22(27)25(23(20)28)12-17-6-5-7-29-17/h5-10,16,28H,12H2,1-4H3. The summed E-state index contributed by atoms with van der Waals surface area (Å²) in [5, 5.41) is 20.2. The molecule has 1 N–H and O–H groups in total. The number of aryl methyl sites for hydroxylation is 2. The summed E-state index contributed by atoms with van der Waals surface area (Å²) in [5.41, 5.74) is 1.08. The van der Waals surface area contributed by atoms with Gasteiger partial charge in [-0.2, -0.15) is 5.26 Å². The Kier molecular flexibility index (Phi) is 5.79. The quantitative estimate of drug-likeness (QED) is 0.627. The second-order valence-corrected chi connectivity index (χ2v) is 7.23. The van der Waals surface area contributed by atoms with Gasteiger partial charge in [-0.3, -0.25) is 14.2 Å². The predicted molar refractivity (Wildman–Crippen MR) is 110 cm³/mol. The Bertz CT molecular complexity index is 1180. The van der Waals surface area contributed by atoms with Gasteiger partial charge in [0.15, 0.2) is 6.10 Å². The van der Waals surface area contributed by atoms with Crippen molar-refractivity contribution in [3.05, 3.63) is 80.5 Å². The molecule has 3 aromatic rings. The first-order valence-corrected chi connectivity index (χ1v) is 9.41. The van der Waals surface area contributed by atoms with E-state index in [1.54, 1.807) is 19.1 Å². The minimum atomic E-state index is -0.947. The van der Waals surface area contributed by atoms with Crippen LogP contribution in [-0.4, -0.2) is 21.6 Å². The third-order valence-corrected chi connectivity index (χ3v) is 4.82. The number of hydrogen-bond acceptors (Lipinski definition) is 6. The molecule has 0 aliphatic carbocycles. The Morgan fingerprint density at radius 2 is 1.93 bits per heavy atom. The molecule has 1 unspecified atom stereocenters. The third-order valence-electron chi connectivity index (χ3n) is 4.82. The predicted octanol–water partition coefficient (Wildman–Crippen LogP) is 3.64. The molecule has 154 valence electrons. The average molecular weight is 406 g/mol. The Morgan fingerprint density at radius 3 is 2.50 bits per heavy atom. The summed E-state index contributed by atoms with van der Waals surface area (Å²) >= 11 is 0. The molecule has 0 amide bonds. The number of rotatable bonds is 6. The van der Waals surface area contributed by atoms with Crippen LogP contribution in [0.2, 0.25) is 0 Å². The summed E-state index contributed by atoms with van der Waals surface area (Å²) in [6, 6.07) is 10.7. The van der Waals surface area contributed by atoms with Crippen LogP contribution in [0.3, 0.4) is 0 Å². The van der Waals surface area contributed by atoms with Gasteiger partial charge in [0.2, 0.25) is 11.7 Å². The number of pyridine rings is 1. The van der Waals surface area contributed by atoms with Gasteiger partial charge in [0.1, 0.15) is 23.1 Å². The largest absolute Gasteiger partial charge is 0.494 e. The van der Waals surface area contributed by atoms with Crippen LogP contribution in [-0.2, 0) is 6.54 Å². The molecular formula is C23H22N2O5. The maximum absolute atomic E-state index is 13.2. The fourth-order valence-electron chi connectivity index (χ4n) is 3.41. The lowest BCUT2D eigenvalue weighted by Gasteiger charge is -2.19. The maximum Gasteiger partial charge on any atom is 0.271 e. The average Bonchev–Trinajstić information content (AvgIpc) is 3.18. The molecule has 1 aromatic carbocycles. The lowest BCUT2D eigenvalue weighted by Crippen LogP contribution is -2.31. The fraction of sp³-hybridized carbons (Fsp3) is 0.261. The summed E-state index contributed by atoms with van der Waals surface area (Å²) in [7, 11) is 0. The van der Waals surface area contributed by atoms with Crippen molar-refractivity contribution >= 4 is 5.78 Å². The third kappa shape index (κ3) is 3.98. The van der Waals surface area contributed by atoms with Crippen LogP contribution in [0.5, 0.6) is 11.6 Å². The van der Waals surface area contributed by atoms with Crippen LogP contribution in [0, 0.1) is 32.1 Å². The number of nitriles is 1. The zero-order valence-corrected chi connectivity index (χ0v) is 17.2. The van der Waals surface area contributed by atoms with Gasteiger partial charge in [-0.1, -0.05) is 6.07 Å². The Labute approximate surface area is 173 Å². The summed E-state index contributed by atoms with van der Waals surface area (Å²) in [5.74, 6) is -0.129. The molecule has 3 rings (SSSR count). The second kappa shape index (κ2) is 8.29. The van der Waals surface area contributed by atoms with Crippen molar-refractivity contribution in [1.29, 1.82) is 5.26 Å². The number of ether oxygens (including phenoxy) is 1. The van der Waals surface area contributed by atoms with Crippen LogP contribution >= 0.6 is 0 Å². The minimum absolute atomic E-state index is 0.112. The van der Waals surface area contributed by atoms with Crippen molar-refractivity contribution < 1.29 is 19.1 Å². The molecule has 1 atom stereocenters. The fourth-order valence-corrected chi connectivity index (χ4v) is 3.41. The molecule has 2 aromatic heterocycles. The van der Waals surface area contributed by atoms with Crippen molar-refractivity contribution in [3.63, 3.8) is 0 Å². The number of Topliss-reactive ketones (excluding diaryl/α,β-unsaturated/α-hetero) is 1. The van der Waals surface area contributed by atoms with E-state index in [4.69, 9.17) is 9.15 Å². The number of carbonyl (C=O) groups is 1. The second-order valence-electron chi connectivity index (χ2n) is 7.23. The molecule has 0 saturated heterocycles. The summed E-state index contributed by atoms with van der Waals surface area (Å²) in [6.07, 6.45) is 0.486. The van der Waals surface area contributed by atoms with E-state index in [0.717, 1.165) is 15.7 Å². The van der Waals surface area contributed by atoms with E-state index in [1.165, 1.54) is 13.2 Å². The van der Waals surface area contributed by atoms with Crippen molar-refractivity contribution in [3.8, 4) is 17.7 Å². The number of furan rings is 1. The highest BCUT2D eigenvalue weighted by Crippen LogP contribution is 2.26. The highest BCUT2D eigenvalue weighted by molar-refractivity contribution is 6.03. The molecule has 7 nitrogen and oxygen atoms in total. The Morgan fingerprint density at radius 1 is 1.27 bits per heavy atom. The van der Waals surface area contributed by atoms with E-state index < -0.39 is 23.3 Å². The van der Waals surface area contributed by atoms with Gasteiger partial charge in [-0.15, -0.1) is 0 Å². The SMILES string of the molecule is Cc1cc(C)cc(OC(C)C(=O)c2c(C)c(C#N)c(=O)n(Cc3ccco3)c2O)c1. The monoisotopic (exact) mass is 406 g/mol. The number of aromatic hydroxyl groups is 1. The molecule has 0 spiro atoms. The molecule has 2 heterocycles. The highest BCUT2D eigenvalue weighted by Gasteiger charge is 2.28. The van der Waals surface area contributed by atoms with Crippen molar-refractivity contribution in [2.75, 3.05) is 0 Å². The number of aromatic nitrogens is 1. The van der Waals surface area contributed by atoms with Gasteiger partial charge in [0.05, 0.1) is 18.4 Å². The molecule has 0 aliphatic heterocycles. The molecule has 7 heteroatoms. The van der Waals surface area contributed by atoms with Gasteiger partial charge in [-0.25, -0.2) is 0 Å². The number of ketones is 1. The van der Waals surface area contributed by atoms with Gasteiger partial charge in [0.25, 0.3) is 5.56 Å². The summed E-state index contributed by atoms with van der Waals surface area (Å²) < 4.78 is 12.0. The van der Waals surface area contributed by atoms with Crippen LogP contribution in [0.4, 0.5) is 0 Å². The number of nitrogens with zero attached hydrogens (tertiary/aromatic N) is 2. The minimum Gasteiger partial charge on any atom is -0.494 e. The smallest absolute Gasteiger partial charge is 0.271 e. The van der Waals surface area contributed by atoms with E-state index in [9.17, 15) is 20.0 Å². The zero-order chi connectivity index (χ0) is 22.0. The Hall–Kier alpha value is -3.79. The number of benzene rings is 1. The van der Waals surface area contributed by atoms with Crippen molar-refractivity contribution in [2.24, 2.45) is 0 Å². The topological polar surface area (TPSA) is 105 Å². The van der Waals surface area contributed by atoms with E-state index in [-0.39, 0.29) is 23.2 Å². The van der Waals surface area contributed by atoms with Gasteiger partial charge in [-0.05, 0) is 68.7 Å². The first kappa shape index (κ1) is 20.9. The molecule has 0 bridgehead atoms. The van der Waals surface area contributed by atoms with E-state index in [0.29, 0.717) is 11.5 Å². The van der Waals surface area contributed by atoms with Crippen molar-refractivity contribution in [1.82, 2.24) is 4.57 Å². The van der Waals surface area contributed by atoms with Crippen LogP contribution in [0.25, 0.3) is 0 Å². The van der Waals surface area contributed by atoms with Crippen LogP contribution in [0.15, 0.2) is 45.8 Å². The summed E-state index contributed by atoms with van der Waals surface area (Å²) in [6.45, 7) is 6.76. The normalized spacial score (nSPS) is 11.7. The maximum atomic E-state index is 13.2. The zero-order valence-electron chi connectivity index (χ0n) is 17.2. The van der Waals surface area contributed by atoms with Gasteiger partial charge in [0, 0.05) is 0 Å². The lowest BCUT2D eigenvalue weighted by molar-refractivity contribution is 0.0812. The first-order valence-electron chi connectivity index (χ1n) is 9.41. The molecule has 0 saturated carbocycles. The van der Waals surface area contributed by atoms with E-state index >= 15 is 0 Å². The molecule has 30 heavy (non-hydrogen) atoms. The van der Waals surface area contributed by atoms with Gasteiger partial charge >= 0.3 is 0 Å². The van der Waals surface area contributed by atoms with Crippen LogP contribution in [0.1, 0.15) is 45.3 Å². The molecular weight excluding hydrogens is 384 g/mol.